The summed E-state index contributed by atoms with van der Waals surface area (Å²) in [6.07, 6.45) is 2.96. The minimum Gasteiger partial charge on any atom is -0.497 e. The molecule has 2 rings (SSSR count). The Morgan fingerprint density at radius 2 is 2.07 bits per heavy atom. The standard InChI is InChI=1S/C19H27N3O5S/c1-27-15-5-3-13(4-6-15)11-22-18(25)16(21-19(22)26)7-8-17(24)20-14(12-23)9-10-28-2/h3-6,14,16,23H,7-12H2,1-2H3,(H,20,24)(H,21,26)/t14-,16+/m0/s1. The molecule has 8 nitrogen and oxygen atoms in total. The van der Waals surface area contributed by atoms with Crippen LogP contribution in [0.3, 0.4) is 0 Å². The average molecular weight is 410 g/mol. The summed E-state index contributed by atoms with van der Waals surface area (Å²) >= 11 is 1.64. The van der Waals surface area contributed by atoms with Gasteiger partial charge < -0.3 is 20.5 Å². The zero-order chi connectivity index (χ0) is 20.5. The van der Waals surface area contributed by atoms with Crippen LogP contribution >= 0.6 is 11.8 Å². The van der Waals surface area contributed by atoms with Crippen LogP contribution in [0.5, 0.6) is 5.75 Å². The first kappa shape index (κ1) is 22.0. The highest BCUT2D eigenvalue weighted by Gasteiger charge is 2.37. The average Bonchev–Trinajstić information content (AvgIpc) is 2.97. The maximum absolute atomic E-state index is 12.5. The molecule has 0 spiro atoms. The Labute approximate surface area is 169 Å². The van der Waals surface area contributed by atoms with E-state index in [-0.39, 0.29) is 43.8 Å². The van der Waals surface area contributed by atoms with E-state index in [2.05, 4.69) is 10.6 Å². The zero-order valence-corrected chi connectivity index (χ0v) is 17.0. The van der Waals surface area contributed by atoms with Crippen molar-refractivity contribution >= 4 is 29.6 Å². The quantitative estimate of drug-likeness (QED) is 0.473. The minimum absolute atomic E-state index is 0.100. The number of hydrogen-bond donors (Lipinski definition) is 3. The van der Waals surface area contributed by atoms with Gasteiger partial charge in [-0.3, -0.25) is 14.5 Å². The van der Waals surface area contributed by atoms with Crippen LogP contribution in [0, 0.1) is 0 Å². The number of urea groups is 1. The lowest BCUT2D eigenvalue weighted by Crippen LogP contribution is -2.39. The van der Waals surface area contributed by atoms with Gasteiger partial charge in [0.15, 0.2) is 0 Å². The van der Waals surface area contributed by atoms with Crippen LogP contribution in [-0.2, 0) is 16.1 Å². The topological polar surface area (TPSA) is 108 Å². The molecule has 3 N–H and O–H groups in total. The van der Waals surface area contributed by atoms with E-state index in [1.807, 2.05) is 6.26 Å². The van der Waals surface area contributed by atoms with Gasteiger partial charge in [-0.25, -0.2) is 4.79 Å². The summed E-state index contributed by atoms with van der Waals surface area (Å²) in [5.74, 6) is 0.956. The third-order valence-corrected chi connectivity index (χ3v) is 5.17. The smallest absolute Gasteiger partial charge is 0.325 e. The second kappa shape index (κ2) is 10.9. The summed E-state index contributed by atoms with van der Waals surface area (Å²) in [7, 11) is 1.57. The number of hydrogen-bond acceptors (Lipinski definition) is 6. The normalized spacial score (nSPS) is 17.4. The summed E-state index contributed by atoms with van der Waals surface area (Å²) < 4.78 is 5.10. The fourth-order valence-corrected chi connectivity index (χ4v) is 3.40. The highest BCUT2D eigenvalue weighted by Crippen LogP contribution is 2.17. The van der Waals surface area contributed by atoms with Gasteiger partial charge in [0.2, 0.25) is 5.91 Å². The number of imide groups is 1. The molecule has 2 atom stereocenters. The van der Waals surface area contributed by atoms with Crippen LogP contribution in [0.15, 0.2) is 24.3 Å². The number of aliphatic hydroxyl groups is 1. The van der Waals surface area contributed by atoms with E-state index < -0.39 is 12.1 Å². The molecule has 1 heterocycles. The molecular formula is C19H27N3O5S. The molecular weight excluding hydrogens is 382 g/mol. The number of carbonyl (C=O) groups excluding carboxylic acids is 3. The molecule has 1 fully saturated rings. The predicted molar refractivity (Wildman–Crippen MR) is 107 cm³/mol. The van der Waals surface area contributed by atoms with Crippen molar-refractivity contribution < 1.29 is 24.2 Å². The summed E-state index contributed by atoms with van der Waals surface area (Å²) in [6.45, 7) is 0.0413. The third-order valence-electron chi connectivity index (χ3n) is 4.52. The van der Waals surface area contributed by atoms with Crippen LogP contribution in [0.4, 0.5) is 4.79 Å². The van der Waals surface area contributed by atoms with Gasteiger partial charge in [0.1, 0.15) is 11.8 Å². The fraction of sp³-hybridized carbons (Fsp3) is 0.526. The van der Waals surface area contributed by atoms with Crippen molar-refractivity contribution in [3.63, 3.8) is 0 Å². The van der Waals surface area contributed by atoms with Crippen LogP contribution in [-0.4, -0.2) is 65.7 Å². The van der Waals surface area contributed by atoms with Gasteiger partial charge >= 0.3 is 6.03 Å². The number of nitrogens with zero attached hydrogens (tertiary/aromatic N) is 1. The first-order valence-corrected chi connectivity index (χ1v) is 10.5. The van der Waals surface area contributed by atoms with E-state index in [1.54, 1.807) is 43.1 Å². The number of nitrogens with one attached hydrogen (secondary N) is 2. The van der Waals surface area contributed by atoms with E-state index in [0.717, 1.165) is 16.2 Å². The van der Waals surface area contributed by atoms with Gasteiger partial charge in [0, 0.05) is 6.42 Å². The molecule has 0 unspecified atom stereocenters. The Morgan fingerprint density at radius 1 is 1.36 bits per heavy atom. The van der Waals surface area contributed by atoms with Gasteiger partial charge in [-0.05, 0) is 42.5 Å². The maximum atomic E-state index is 12.5. The van der Waals surface area contributed by atoms with Gasteiger partial charge in [-0.1, -0.05) is 12.1 Å². The summed E-state index contributed by atoms with van der Waals surface area (Å²) in [6, 6.07) is 5.66. The minimum atomic E-state index is -0.713. The molecule has 0 aliphatic carbocycles. The molecule has 9 heteroatoms. The third kappa shape index (κ3) is 6.13. The van der Waals surface area contributed by atoms with Crippen LogP contribution in [0.25, 0.3) is 0 Å². The highest BCUT2D eigenvalue weighted by molar-refractivity contribution is 7.98. The predicted octanol–water partition coefficient (Wildman–Crippen LogP) is 1.13. The van der Waals surface area contributed by atoms with E-state index >= 15 is 0 Å². The zero-order valence-electron chi connectivity index (χ0n) is 16.1. The van der Waals surface area contributed by atoms with Gasteiger partial charge in [-0.2, -0.15) is 11.8 Å². The van der Waals surface area contributed by atoms with Crippen LogP contribution in [0.1, 0.15) is 24.8 Å². The lowest BCUT2D eigenvalue weighted by Gasteiger charge is -2.16. The molecule has 0 bridgehead atoms. The van der Waals surface area contributed by atoms with Gasteiger partial charge in [-0.15, -0.1) is 0 Å². The number of amides is 4. The Hall–Kier alpha value is -2.26. The molecule has 0 aromatic heterocycles. The van der Waals surface area contributed by atoms with Crippen LogP contribution in [0.2, 0.25) is 0 Å². The van der Waals surface area contributed by atoms with Gasteiger partial charge in [0.25, 0.3) is 5.91 Å². The number of ether oxygens (including phenoxy) is 1. The second-order valence-corrected chi connectivity index (χ2v) is 7.53. The summed E-state index contributed by atoms with van der Waals surface area (Å²) in [4.78, 5) is 37.9. The number of methoxy groups -OCH3 is 1. The molecule has 28 heavy (non-hydrogen) atoms. The number of rotatable bonds is 11. The van der Waals surface area contributed by atoms with Crippen molar-refractivity contribution in [1.82, 2.24) is 15.5 Å². The van der Waals surface area contributed by atoms with Crippen molar-refractivity contribution in [3.8, 4) is 5.75 Å². The largest absolute Gasteiger partial charge is 0.497 e. The lowest BCUT2D eigenvalue weighted by atomic mass is 10.1. The highest BCUT2D eigenvalue weighted by atomic mass is 32.2. The molecule has 1 aromatic rings. The molecule has 1 aromatic carbocycles. The van der Waals surface area contributed by atoms with Crippen molar-refractivity contribution in [2.75, 3.05) is 25.7 Å². The van der Waals surface area contributed by atoms with Crippen molar-refractivity contribution in [2.45, 2.75) is 37.9 Å². The number of thioether (sulfide) groups is 1. The number of aliphatic hydroxyl groups excluding tert-OH is 1. The second-order valence-electron chi connectivity index (χ2n) is 6.54. The fourth-order valence-electron chi connectivity index (χ4n) is 2.88. The Balaban J connectivity index is 1.84. The molecule has 1 saturated heterocycles. The Bertz CT molecular complexity index is 683. The SMILES string of the molecule is COc1ccc(CN2C(=O)N[C@H](CCC(=O)N[C@H](CO)CCSC)C2=O)cc1. The summed E-state index contributed by atoms with van der Waals surface area (Å²) in [5.41, 5.74) is 0.808. The van der Waals surface area contributed by atoms with Crippen molar-refractivity contribution in [1.29, 1.82) is 0 Å². The molecule has 154 valence electrons. The number of carbonyl (C=O) groups is 3. The van der Waals surface area contributed by atoms with E-state index in [9.17, 15) is 19.5 Å². The molecule has 0 radical (unpaired) electrons. The molecule has 1 aliphatic rings. The van der Waals surface area contributed by atoms with Gasteiger partial charge in [0.05, 0.1) is 26.3 Å². The molecule has 0 saturated carbocycles. The number of benzene rings is 1. The lowest BCUT2D eigenvalue weighted by molar-refractivity contribution is -0.128. The first-order chi connectivity index (χ1) is 13.5. The van der Waals surface area contributed by atoms with E-state index in [1.165, 1.54) is 0 Å². The van der Waals surface area contributed by atoms with Crippen molar-refractivity contribution in [3.05, 3.63) is 29.8 Å². The monoisotopic (exact) mass is 409 g/mol. The molecule has 4 amide bonds. The first-order valence-electron chi connectivity index (χ1n) is 9.12. The molecule has 1 aliphatic heterocycles. The maximum Gasteiger partial charge on any atom is 0.325 e. The van der Waals surface area contributed by atoms with E-state index in [4.69, 9.17) is 4.74 Å². The summed E-state index contributed by atoms with van der Waals surface area (Å²) in [5, 5.41) is 14.7. The van der Waals surface area contributed by atoms with Crippen molar-refractivity contribution in [2.24, 2.45) is 0 Å². The Morgan fingerprint density at radius 3 is 2.68 bits per heavy atom. The Kier molecular flexibility index (Phi) is 8.59. The van der Waals surface area contributed by atoms with Crippen LogP contribution < -0.4 is 15.4 Å². The van der Waals surface area contributed by atoms with E-state index in [0.29, 0.717) is 12.2 Å².